The standard InChI is InChI=1S/C20H25NO3/c1-5-10-21-20(22)16-7-9-19(23-4)17(12-16)13-24-18-8-6-14(2)15(3)11-18/h6-9,11-12H,5,10,13H2,1-4H3,(H,21,22). The van der Waals surface area contributed by atoms with Gasteiger partial charge in [0.05, 0.1) is 7.11 Å². The zero-order valence-electron chi connectivity index (χ0n) is 14.8. The lowest BCUT2D eigenvalue weighted by Gasteiger charge is -2.13. The van der Waals surface area contributed by atoms with Gasteiger partial charge in [-0.1, -0.05) is 13.0 Å². The quantitative estimate of drug-likeness (QED) is 0.835. The molecule has 128 valence electrons. The minimum atomic E-state index is -0.0769. The van der Waals surface area contributed by atoms with Crippen LogP contribution in [0.15, 0.2) is 36.4 Å². The van der Waals surface area contributed by atoms with E-state index in [0.717, 1.165) is 17.7 Å². The Labute approximate surface area is 143 Å². The van der Waals surface area contributed by atoms with E-state index >= 15 is 0 Å². The third-order valence-corrected chi connectivity index (χ3v) is 3.95. The van der Waals surface area contributed by atoms with Crippen molar-refractivity contribution in [1.82, 2.24) is 5.32 Å². The molecule has 0 aliphatic carbocycles. The Kier molecular flexibility index (Phi) is 6.24. The van der Waals surface area contributed by atoms with Crippen molar-refractivity contribution in [3.05, 3.63) is 58.7 Å². The number of methoxy groups -OCH3 is 1. The predicted molar refractivity (Wildman–Crippen MR) is 95.9 cm³/mol. The number of carbonyl (C=O) groups is 1. The van der Waals surface area contributed by atoms with E-state index in [1.807, 2.05) is 31.2 Å². The van der Waals surface area contributed by atoms with Gasteiger partial charge < -0.3 is 14.8 Å². The minimum Gasteiger partial charge on any atom is -0.496 e. The van der Waals surface area contributed by atoms with Crippen molar-refractivity contribution < 1.29 is 14.3 Å². The van der Waals surface area contributed by atoms with E-state index in [1.54, 1.807) is 19.2 Å². The van der Waals surface area contributed by atoms with Crippen LogP contribution in [0.3, 0.4) is 0 Å². The van der Waals surface area contributed by atoms with Crippen molar-refractivity contribution in [1.29, 1.82) is 0 Å². The largest absolute Gasteiger partial charge is 0.496 e. The molecule has 0 saturated heterocycles. The first kappa shape index (κ1) is 17.9. The van der Waals surface area contributed by atoms with Crippen LogP contribution in [0.4, 0.5) is 0 Å². The molecule has 0 bridgehead atoms. The summed E-state index contributed by atoms with van der Waals surface area (Å²) >= 11 is 0. The molecule has 0 fully saturated rings. The summed E-state index contributed by atoms with van der Waals surface area (Å²) in [6, 6.07) is 11.4. The fourth-order valence-electron chi connectivity index (χ4n) is 2.34. The van der Waals surface area contributed by atoms with E-state index in [2.05, 4.69) is 19.2 Å². The van der Waals surface area contributed by atoms with Crippen molar-refractivity contribution >= 4 is 5.91 Å². The predicted octanol–water partition coefficient (Wildman–Crippen LogP) is 4.03. The fraction of sp³-hybridized carbons (Fsp3) is 0.350. The van der Waals surface area contributed by atoms with Crippen molar-refractivity contribution in [2.75, 3.05) is 13.7 Å². The van der Waals surface area contributed by atoms with Crippen LogP contribution in [0.1, 0.15) is 40.4 Å². The maximum Gasteiger partial charge on any atom is 0.251 e. The molecule has 24 heavy (non-hydrogen) atoms. The lowest BCUT2D eigenvalue weighted by molar-refractivity contribution is 0.0953. The monoisotopic (exact) mass is 327 g/mol. The molecule has 0 aliphatic rings. The van der Waals surface area contributed by atoms with Gasteiger partial charge in [-0.05, 0) is 61.7 Å². The molecule has 0 saturated carbocycles. The van der Waals surface area contributed by atoms with E-state index in [9.17, 15) is 4.79 Å². The SMILES string of the molecule is CCCNC(=O)c1ccc(OC)c(COc2ccc(C)c(C)c2)c1. The molecule has 0 spiro atoms. The molecule has 2 aromatic carbocycles. The molecule has 0 radical (unpaired) electrons. The summed E-state index contributed by atoms with van der Waals surface area (Å²) in [6.07, 6.45) is 0.907. The molecular formula is C20H25NO3. The van der Waals surface area contributed by atoms with Gasteiger partial charge in [0.25, 0.3) is 5.91 Å². The second kappa shape index (κ2) is 8.39. The molecule has 1 amide bonds. The highest BCUT2D eigenvalue weighted by atomic mass is 16.5. The number of aryl methyl sites for hydroxylation is 2. The van der Waals surface area contributed by atoms with Gasteiger partial charge in [0.15, 0.2) is 0 Å². The third-order valence-electron chi connectivity index (χ3n) is 3.95. The second-order valence-electron chi connectivity index (χ2n) is 5.82. The Morgan fingerprint density at radius 2 is 1.88 bits per heavy atom. The molecule has 0 heterocycles. The average molecular weight is 327 g/mol. The maximum absolute atomic E-state index is 12.1. The summed E-state index contributed by atoms with van der Waals surface area (Å²) in [5.41, 5.74) is 3.88. The van der Waals surface area contributed by atoms with E-state index in [-0.39, 0.29) is 5.91 Å². The Morgan fingerprint density at radius 1 is 1.08 bits per heavy atom. The summed E-state index contributed by atoms with van der Waals surface area (Å²) in [4.78, 5) is 12.1. The van der Waals surface area contributed by atoms with Crippen LogP contribution in [0.25, 0.3) is 0 Å². The third kappa shape index (κ3) is 4.51. The van der Waals surface area contributed by atoms with Gasteiger partial charge in [-0.25, -0.2) is 0 Å². The van der Waals surface area contributed by atoms with Crippen LogP contribution < -0.4 is 14.8 Å². The van der Waals surface area contributed by atoms with Crippen molar-refractivity contribution in [3.8, 4) is 11.5 Å². The number of hydrogen-bond donors (Lipinski definition) is 1. The zero-order valence-corrected chi connectivity index (χ0v) is 14.8. The van der Waals surface area contributed by atoms with E-state index < -0.39 is 0 Å². The van der Waals surface area contributed by atoms with Gasteiger partial charge in [0.2, 0.25) is 0 Å². The van der Waals surface area contributed by atoms with Crippen molar-refractivity contribution in [2.45, 2.75) is 33.8 Å². The lowest BCUT2D eigenvalue weighted by Crippen LogP contribution is -2.24. The molecule has 2 rings (SSSR count). The Hall–Kier alpha value is -2.49. The van der Waals surface area contributed by atoms with Gasteiger partial charge in [-0.3, -0.25) is 4.79 Å². The number of amides is 1. The van der Waals surface area contributed by atoms with Crippen LogP contribution in [-0.2, 0) is 6.61 Å². The van der Waals surface area contributed by atoms with Crippen molar-refractivity contribution in [3.63, 3.8) is 0 Å². The normalized spacial score (nSPS) is 10.3. The molecule has 1 N–H and O–H groups in total. The van der Waals surface area contributed by atoms with Gasteiger partial charge in [0, 0.05) is 17.7 Å². The Morgan fingerprint density at radius 3 is 2.54 bits per heavy atom. The van der Waals surface area contributed by atoms with Crippen LogP contribution in [0.5, 0.6) is 11.5 Å². The summed E-state index contributed by atoms with van der Waals surface area (Å²) in [5.74, 6) is 1.44. The topological polar surface area (TPSA) is 47.6 Å². The molecular weight excluding hydrogens is 302 g/mol. The molecule has 0 atom stereocenters. The molecule has 0 aromatic heterocycles. The van der Waals surface area contributed by atoms with E-state index in [4.69, 9.17) is 9.47 Å². The highest BCUT2D eigenvalue weighted by molar-refractivity contribution is 5.94. The van der Waals surface area contributed by atoms with Crippen LogP contribution in [-0.4, -0.2) is 19.6 Å². The van der Waals surface area contributed by atoms with Crippen molar-refractivity contribution in [2.24, 2.45) is 0 Å². The summed E-state index contributed by atoms with van der Waals surface area (Å²) in [6.45, 7) is 7.17. The first-order valence-corrected chi connectivity index (χ1v) is 8.20. The highest BCUT2D eigenvalue weighted by Crippen LogP contribution is 2.23. The molecule has 0 aliphatic heterocycles. The number of benzene rings is 2. The van der Waals surface area contributed by atoms with Crippen LogP contribution >= 0.6 is 0 Å². The van der Waals surface area contributed by atoms with Gasteiger partial charge in [0.1, 0.15) is 18.1 Å². The summed E-state index contributed by atoms with van der Waals surface area (Å²) in [5, 5.41) is 2.88. The number of nitrogens with one attached hydrogen (secondary N) is 1. The molecule has 4 nitrogen and oxygen atoms in total. The Balaban J connectivity index is 2.14. The molecule has 4 heteroatoms. The maximum atomic E-state index is 12.1. The minimum absolute atomic E-state index is 0.0769. The average Bonchev–Trinajstić information content (AvgIpc) is 2.60. The molecule has 2 aromatic rings. The smallest absolute Gasteiger partial charge is 0.251 e. The zero-order chi connectivity index (χ0) is 17.5. The summed E-state index contributed by atoms with van der Waals surface area (Å²) < 4.78 is 11.3. The van der Waals surface area contributed by atoms with Gasteiger partial charge in [-0.15, -0.1) is 0 Å². The summed E-state index contributed by atoms with van der Waals surface area (Å²) in [7, 11) is 1.62. The Bertz CT molecular complexity index is 710. The van der Waals surface area contributed by atoms with Crippen LogP contribution in [0, 0.1) is 13.8 Å². The highest BCUT2D eigenvalue weighted by Gasteiger charge is 2.11. The first-order chi connectivity index (χ1) is 11.5. The van der Waals surface area contributed by atoms with E-state index in [0.29, 0.717) is 24.5 Å². The number of ether oxygens (including phenoxy) is 2. The number of carbonyl (C=O) groups excluding carboxylic acids is 1. The van der Waals surface area contributed by atoms with Gasteiger partial charge >= 0.3 is 0 Å². The van der Waals surface area contributed by atoms with Crippen LogP contribution in [0.2, 0.25) is 0 Å². The fourth-order valence-corrected chi connectivity index (χ4v) is 2.34. The molecule has 0 unspecified atom stereocenters. The number of hydrogen-bond acceptors (Lipinski definition) is 3. The number of rotatable bonds is 7. The lowest BCUT2D eigenvalue weighted by atomic mass is 10.1. The first-order valence-electron chi connectivity index (χ1n) is 8.20. The van der Waals surface area contributed by atoms with Gasteiger partial charge in [-0.2, -0.15) is 0 Å². The van der Waals surface area contributed by atoms with E-state index in [1.165, 1.54) is 11.1 Å². The second-order valence-corrected chi connectivity index (χ2v) is 5.82.